The van der Waals surface area contributed by atoms with Crippen molar-refractivity contribution in [3.05, 3.63) is 59.9 Å². The summed E-state index contributed by atoms with van der Waals surface area (Å²) >= 11 is 0. The van der Waals surface area contributed by atoms with E-state index in [2.05, 4.69) is 31.0 Å². The molecule has 0 saturated heterocycles. The molecular weight excluding hydrogens is 260 g/mol. The van der Waals surface area contributed by atoms with Crippen molar-refractivity contribution in [2.45, 2.75) is 38.6 Å². The van der Waals surface area contributed by atoms with Crippen LogP contribution >= 0.6 is 0 Å². The number of ether oxygens (including phenoxy) is 1. The predicted octanol–water partition coefficient (Wildman–Crippen LogP) is 4.06. The number of hydrogen-bond acceptors (Lipinski definition) is 3. The highest BCUT2D eigenvalue weighted by molar-refractivity contribution is 5.31. The molecule has 0 radical (unpaired) electrons. The number of nitrogens with two attached hydrogens (primary N) is 1. The highest BCUT2D eigenvalue weighted by Crippen LogP contribution is 2.29. The fourth-order valence-corrected chi connectivity index (χ4v) is 2.28. The molecule has 0 aliphatic rings. The Hall–Kier alpha value is -1.87. The third-order valence-electron chi connectivity index (χ3n) is 3.80. The van der Waals surface area contributed by atoms with Gasteiger partial charge in [0.05, 0.1) is 6.61 Å². The summed E-state index contributed by atoms with van der Waals surface area (Å²) in [4.78, 5) is 4.05. The van der Waals surface area contributed by atoms with Crippen LogP contribution in [0, 0.1) is 0 Å². The Labute approximate surface area is 127 Å². The number of aromatic nitrogens is 1. The summed E-state index contributed by atoms with van der Waals surface area (Å²) in [6, 6.07) is 12.1. The molecule has 3 nitrogen and oxygen atoms in total. The van der Waals surface area contributed by atoms with Crippen LogP contribution in [0.2, 0.25) is 0 Å². The van der Waals surface area contributed by atoms with Crippen LogP contribution in [0.15, 0.2) is 48.8 Å². The molecule has 2 aromatic rings. The Morgan fingerprint density at radius 1 is 1.05 bits per heavy atom. The van der Waals surface area contributed by atoms with Gasteiger partial charge in [-0.05, 0) is 41.8 Å². The van der Waals surface area contributed by atoms with Gasteiger partial charge in [-0.25, -0.2) is 0 Å². The van der Waals surface area contributed by atoms with Gasteiger partial charge in [0.2, 0.25) is 0 Å². The average molecular weight is 284 g/mol. The van der Waals surface area contributed by atoms with Crippen molar-refractivity contribution in [3.63, 3.8) is 0 Å². The molecule has 112 valence electrons. The predicted molar refractivity (Wildman–Crippen MR) is 86.4 cm³/mol. The van der Waals surface area contributed by atoms with Crippen molar-refractivity contribution in [1.29, 1.82) is 0 Å². The normalized spacial score (nSPS) is 13.7. The van der Waals surface area contributed by atoms with E-state index >= 15 is 0 Å². The van der Waals surface area contributed by atoms with Gasteiger partial charge in [-0.1, -0.05) is 32.4 Å². The van der Waals surface area contributed by atoms with E-state index in [-0.39, 0.29) is 12.0 Å². The second-order valence-corrected chi connectivity index (χ2v) is 5.37. The molecule has 2 N–H and O–H groups in total. The Morgan fingerprint density at radius 2 is 1.71 bits per heavy atom. The summed E-state index contributed by atoms with van der Waals surface area (Å²) < 4.78 is 5.68. The molecule has 2 rings (SSSR count). The Bertz CT molecular complexity index is 525. The first-order valence-electron chi connectivity index (χ1n) is 7.60. The molecule has 1 aromatic carbocycles. The number of nitrogens with zero attached hydrogens (tertiary/aromatic N) is 1. The van der Waals surface area contributed by atoms with Crippen molar-refractivity contribution in [1.82, 2.24) is 4.98 Å². The molecule has 0 spiro atoms. The molecule has 0 bridgehead atoms. The average Bonchev–Trinajstić information content (AvgIpc) is 2.55. The lowest BCUT2D eigenvalue weighted by atomic mass is 9.90. The van der Waals surface area contributed by atoms with Gasteiger partial charge in [0.1, 0.15) is 5.75 Å². The van der Waals surface area contributed by atoms with Crippen LogP contribution in [0.3, 0.4) is 0 Å². The molecule has 0 aliphatic carbocycles. The summed E-state index contributed by atoms with van der Waals surface area (Å²) in [5, 5.41) is 0. The summed E-state index contributed by atoms with van der Waals surface area (Å²) in [6.45, 7) is 5.08. The molecule has 0 amide bonds. The van der Waals surface area contributed by atoms with E-state index in [0.717, 1.165) is 30.8 Å². The van der Waals surface area contributed by atoms with Crippen molar-refractivity contribution in [2.75, 3.05) is 6.61 Å². The highest BCUT2D eigenvalue weighted by atomic mass is 16.5. The minimum absolute atomic E-state index is 0.0305. The van der Waals surface area contributed by atoms with Crippen molar-refractivity contribution < 1.29 is 4.74 Å². The van der Waals surface area contributed by atoms with E-state index in [9.17, 15) is 0 Å². The van der Waals surface area contributed by atoms with Gasteiger partial charge in [-0.15, -0.1) is 0 Å². The van der Waals surface area contributed by atoms with E-state index in [1.807, 2.05) is 36.7 Å². The zero-order valence-electron chi connectivity index (χ0n) is 12.8. The minimum atomic E-state index is -0.0305. The lowest BCUT2D eigenvalue weighted by Gasteiger charge is -2.21. The summed E-state index contributed by atoms with van der Waals surface area (Å²) in [5.41, 5.74) is 8.72. The molecule has 2 atom stereocenters. The smallest absolute Gasteiger partial charge is 0.119 e. The molecule has 0 aliphatic heterocycles. The fourth-order valence-electron chi connectivity index (χ4n) is 2.28. The van der Waals surface area contributed by atoms with Crippen LogP contribution < -0.4 is 10.5 Å². The quantitative estimate of drug-likeness (QED) is 0.780. The zero-order chi connectivity index (χ0) is 15.1. The van der Waals surface area contributed by atoms with Gasteiger partial charge in [-0.3, -0.25) is 4.98 Å². The largest absolute Gasteiger partial charge is 0.494 e. The highest BCUT2D eigenvalue weighted by Gasteiger charge is 2.16. The minimum Gasteiger partial charge on any atom is -0.494 e. The van der Waals surface area contributed by atoms with Crippen LogP contribution in [0.4, 0.5) is 0 Å². The van der Waals surface area contributed by atoms with Gasteiger partial charge in [-0.2, -0.15) is 0 Å². The maximum atomic E-state index is 6.38. The van der Waals surface area contributed by atoms with E-state index in [0.29, 0.717) is 0 Å². The summed E-state index contributed by atoms with van der Waals surface area (Å²) in [5.74, 6) is 1.16. The SMILES string of the molecule is CCCCOc1ccc(C(N)C(C)c2ccncc2)cc1. The topological polar surface area (TPSA) is 48.1 Å². The van der Waals surface area contributed by atoms with E-state index in [1.165, 1.54) is 5.56 Å². The monoisotopic (exact) mass is 284 g/mol. The lowest BCUT2D eigenvalue weighted by Crippen LogP contribution is -2.17. The van der Waals surface area contributed by atoms with Crippen LogP contribution in [0.1, 0.15) is 49.8 Å². The van der Waals surface area contributed by atoms with Crippen LogP contribution in [-0.4, -0.2) is 11.6 Å². The Balaban J connectivity index is 2.01. The Kier molecular flexibility index (Phi) is 5.76. The number of pyridine rings is 1. The molecule has 1 aromatic heterocycles. The first kappa shape index (κ1) is 15.5. The van der Waals surface area contributed by atoms with E-state index in [1.54, 1.807) is 0 Å². The molecule has 0 saturated carbocycles. The lowest BCUT2D eigenvalue weighted by molar-refractivity contribution is 0.309. The second kappa shape index (κ2) is 7.79. The molecule has 0 fully saturated rings. The van der Waals surface area contributed by atoms with Crippen LogP contribution in [-0.2, 0) is 0 Å². The van der Waals surface area contributed by atoms with E-state index < -0.39 is 0 Å². The second-order valence-electron chi connectivity index (χ2n) is 5.37. The van der Waals surface area contributed by atoms with Crippen LogP contribution in [0.5, 0.6) is 5.75 Å². The van der Waals surface area contributed by atoms with Crippen LogP contribution in [0.25, 0.3) is 0 Å². The standard InChI is InChI=1S/C18H24N2O/c1-3-4-13-21-17-7-5-16(6-8-17)18(19)14(2)15-9-11-20-12-10-15/h5-12,14,18H,3-4,13,19H2,1-2H3. The van der Waals surface area contributed by atoms with E-state index in [4.69, 9.17) is 10.5 Å². The maximum Gasteiger partial charge on any atom is 0.119 e. The van der Waals surface area contributed by atoms with Gasteiger partial charge in [0.25, 0.3) is 0 Å². The molecule has 1 heterocycles. The van der Waals surface area contributed by atoms with Gasteiger partial charge >= 0.3 is 0 Å². The summed E-state index contributed by atoms with van der Waals surface area (Å²) in [7, 11) is 0. The molecular formula is C18H24N2O. The maximum absolute atomic E-state index is 6.38. The molecule has 2 unspecified atom stereocenters. The van der Waals surface area contributed by atoms with Crippen molar-refractivity contribution >= 4 is 0 Å². The van der Waals surface area contributed by atoms with Gasteiger partial charge in [0.15, 0.2) is 0 Å². The van der Waals surface area contributed by atoms with Crippen molar-refractivity contribution in [3.8, 4) is 5.75 Å². The zero-order valence-corrected chi connectivity index (χ0v) is 12.8. The van der Waals surface area contributed by atoms with Gasteiger partial charge < -0.3 is 10.5 Å². The third-order valence-corrected chi connectivity index (χ3v) is 3.80. The fraction of sp³-hybridized carbons (Fsp3) is 0.389. The number of unbranched alkanes of at least 4 members (excludes halogenated alkanes) is 1. The van der Waals surface area contributed by atoms with Crippen molar-refractivity contribution in [2.24, 2.45) is 5.73 Å². The molecule has 21 heavy (non-hydrogen) atoms. The number of rotatable bonds is 7. The molecule has 3 heteroatoms. The number of benzene rings is 1. The first-order chi connectivity index (χ1) is 10.2. The Morgan fingerprint density at radius 3 is 2.33 bits per heavy atom. The third kappa shape index (κ3) is 4.30. The number of hydrogen-bond donors (Lipinski definition) is 1. The first-order valence-corrected chi connectivity index (χ1v) is 7.60. The summed E-state index contributed by atoms with van der Waals surface area (Å²) in [6.07, 6.45) is 5.85. The van der Waals surface area contributed by atoms with Gasteiger partial charge in [0, 0.05) is 24.4 Å².